The van der Waals surface area contributed by atoms with E-state index in [1.54, 1.807) is 13.8 Å². The van der Waals surface area contributed by atoms with Gasteiger partial charge < -0.3 is 15.1 Å². The Hall–Kier alpha value is -1.73. The summed E-state index contributed by atoms with van der Waals surface area (Å²) in [6, 6.07) is 0. The van der Waals surface area contributed by atoms with Gasteiger partial charge in [-0.3, -0.25) is 9.59 Å². The van der Waals surface area contributed by atoms with Gasteiger partial charge in [-0.1, -0.05) is 0 Å². The molecule has 7 nitrogen and oxygen atoms in total. The number of nitrogens with one attached hydrogen (secondary N) is 1. The zero-order chi connectivity index (χ0) is 13.4. The number of β-amino-alcohol motifs (C(OH)–C–C–N with tert-alkyl or cyclic N) is 2. The summed E-state index contributed by atoms with van der Waals surface area (Å²) >= 11 is 0. The maximum atomic E-state index is 12.2. The van der Waals surface area contributed by atoms with Gasteiger partial charge in [0.05, 0.1) is 17.9 Å². The van der Waals surface area contributed by atoms with Gasteiger partial charge in [-0.05, 0) is 19.4 Å². The molecule has 0 radical (unpaired) electrons. The summed E-state index contributed by atoms with van der Waals surface area (Å²) in [6.45, 7) is 3.39. The molecule has 0 aliphatic carbocycles. The third kappa shape index (κ3) is 2.02. The lowest BCUT2D eigenvalue weighted by Crippen LogP contribution is -2.35. The van der Waals surface area contributed by atoms with E-state index in [0.717, 1.165) is 0 Å². The van der Waals surface area contributed by atoms with Crippen molar-refractivity contribution in [1.82, 2.24) is 15.1 Å². The summed E-state index contributed by atoms with van der Waals surface area (Å²) in [5.41, 5.74) is 0.542. The lowest BCUT2D eigenvalue weighted by molar-refractivity contribution is 0.0572. The number of carbonyl (C=O) groups is 1. The normalized spacial score (nSPS) is 23.4. The molecule has 3 N–H and O–H groups in total. The first-order valence-corrected chi connectivity index (χ1v) is 5.63. The molecule has 0 aromatic carbocycles. The van der Waals surface area contributed by atoms with Gasteiger partial charge in [0.2, 0.25) is 0 Å². The molecule has 2 unspecified atom stereocenters. The van der Waals surface area contributed by atoms with E-state index in [0.29, 0.717) is 11.3 Å². The molecule has 2 heterocycles. The number of aliphatic hydroxyl groups is 2. The van der Waals surface area contributed by atoms with Crippen molar-refractivity contribution in [2.45, 2.75) is 26.1 Å². The van der Waals surface area contributed by atoms with Crippen LogP contribution in [0.15, 0.2) is 4.79 Å². The summed E-state index contributed by atoms with van der Waals surface area (Å²) < 4.78 is 0. The highest BCUT2D eigenvalue weighted by Crippen LogP contribution is 2.15. The number of amides is 1. The van der Waals surface area contributed by atoms with Crippen molar-refractivity contribution in [2.75, 3.05) is 13.1 Å². The van der Waals surface area contributed by atoms with Crippen LogP contribution in [-0.4, -0.2) is 56.5 Å². The van der Waals surface area contributed by atoms with Crippen LogP contribution in [0, 0.1) is 13.8 Å². The molecule has 2 rings (SSSR count). The Morgan fingerprint density at radius 2 is 1.89 bits per heavy atom. The number of nitrogens with zero attached hydrogens (tertiary/aromatic N) is 2. The zero-order valence-electron chi connectivity index (χ0n) is 10.2. The Bertz CT molecular complexity index is 530. The number of H-pyrrole nitrogens is 1. The average molecular weight is 253 g/mol. The largest absolute Gasteiger partial charge is 0.388 e. The Morgan fingerprint density at radius 1 is 1.33 bits per heavy atom. The molecule has 1 aliphatic rings. The molecule has 1 aromatic heterocycles. The first-order valence-electron chi connectivity index (χ1n) is 5.63. The van der Waals surface area contributed by atoms with Crippen LogP contribution in [0.2, 0.25) is 0 Å². The van der Waals surface area contributed by atoms with Gasteiger partial charge in [0.15, 0.2) is 0 Å². The number of aromatic nitrogens is 2. The Balaban J connectivity index is 2.36. The molecule has 1 fully saturated rings. The van der Waals surface area contributed by atoms with Crippen molar-refractivity contribution < 1.29 is 15.0 Å². The lowest BCUT2D eigenvalue weighted by atomic mass is 10.1. The lowest BCUT2D eigenvalue weighted by Gasteiger charge is -2.16. The molecule has 98 valence electrons. The summed E-state index contributed by atoms with van der Waals surface area (Å²) in [6.07, 6.45) is -1.92. The first kappa shape index (κ1) is 12.7. The van der Waals surface area contributed by atoms with Crippen LogP contribution in [0.5, 0.6) is 0 Å². The maximum Gasteiger partial charge on any atom is 0.277 e. The molecule has 0 bridgehead atoms. The Labute approximate surface area is 103 Å². The van der Waals surface area contributed by atoms with Crippen molar-refractivity contribution in [2.24, 2.45) is 0 Å². The first-order chi connectivity index (χ1) is 8.41. The van der Waals surface area contributed by atoms with Crippen molar-refractivity contribution in [3.05, 3.63) is 27.2 Å². The summed E-state index contributed by atoms with van der Waals surface area (Å²) in [4.78, 5) is 25.1. The zero-order valence-corrected chi connectivity index (χ0v) is 10.2. The maximum absolute atomic E-state index is 12.2. The number of carbonyl (C=O) groups excluding carboxylic acids is 1. The summed E-state index contributed by atoms with van der Waals surface area (Å²) in [5, 5.41) is 24.9. The second-order valence-corrected chi connectivity index (χ2v) is 4.48. The second-order valence-electron chi connectivity index (χ2n) is 4.48. The summed E-state index contributed by atoms with van der Waals surface area (Å²) in [5.74, 6) is -0.491. The summed E-state index contributed by atoms with van der Waals surface area (Å²) in [7, 11) is 0. The van der Waals surface area contributed by atoms with Gasteiger partial charge in [-0.15, -0.1) is 0 Å². The van der Waals surface area contributed by atoms with Gasteiger partial charge in [-0.2, -0.15) is 5.10 Å². The highest BCUT2D eigenvalue weighted by Gasteiger charge is 2.34. The third-order valence-electron chi connectivity index (χ3n) is 3.23. The highest BCUT2D eigenvalue weighted by atomic mass is 16.3. The molecule has 1 aromatic rings. The van der Waals surface area contributed by atoms with E-state index in [1.807, 2.05) is 0 Å². The van der Waals surface area contributed by atoms with Crippen LogP contribution in [0.1, 0.15) is 21.6 Å². The number of aromatic amines is 1. The van der Waals surface area contributed by atoms with Gasteiger partial charge >= 0.3 is 0 Å². The van der Waals surface area contributed by atoms with Crippen LogP contribution in [0.4, 0.5) is 0 Å². The molecule has 1 saturated heterocycles. The molecule has 18 heavy (non-hydrogen) atoms. The van der Waals surface area contributed by atoms with Crippen molar-refractivity contribution in [3.8, 4) is 0 Å². The number of hydrogen-bond acceptors (Lipinski definition) is 5. The van der Waals surface area contributed by atoms with E-state index in [-0.39, 0.29) is 18.7 Å². The molecule has 0 saturated carbocycles. The van der Waals surface area contributed by atoms with Gasteiger partial charge in [0.1, 0.15) is 5.56 Å². The van der Waals surface area contributed by atoms with Crippen molar-refractivity contribution >= 4 is 5.91 Å². The molecule has 0 spiro atoms. The fourth-order valence-corrected chi connectivity index (χ4v) is 1.98. The topological polar surface area (TPSA) is 107 Å². The van der Waals surface area contributed by atoms with Gasteiger partial charge in [0.25, 0.3) is 11.5 Å². The van der Waals surface area contributed by atoms with Crippen LogP contribution in [0.25, 0.3) is 0 Å². The molecular formula is C11H15N3O4. The molecule has 7 heteroatoms. The highest BCUT2D eigenvalue weighted by molar-refractivity contribution is 5.95. The molecular weight excluding hydrogens is 238 g/mol. The van der Waals surface area contributed by atoms with Crippen LogP contribution >= 0.6 is 0 Å². The fraction of sp³-hybridized carbons (Fsp3) is 0.545. The minimum Gasteiger partial charge on any atom is -0.388 e. The fourth-order valence-electron chi connectivity index (χ4n) is 1.98. The minimum absolute atomic E-state index is 0.0174. The standard InChI is InChI=1S/C11H15N3O4/c1-5-6(2)12-13-10(17)9(5)11(18)14-3-7(15)8(16)4-14/h7-8,15-16H,3-4H2,1-2H3,(H,13,17). The van der Waals surface area contributed by atoms with E-state index < -0.39 is 23.7 Å². The average Bonchev–Trinajstić information content (AvgIpc) is 2.65. The Kier molecular flexibility index (Phi) is 3.18. The van der Waals surface area contributed by atoms with E-state index in [1.165, 1.54) is 4.90 Å². The minimum atomic E-state index is -0.962. The number of aliphatic hydroxyl groups excluding tert-OH is 2. The monoisotopic (exact) mass is 253 g/mol. The SMILES string of the molecule is Cc1n[nH]c(=O)c(C(=O)N2CC(O)C(O)C2)c1C. The molecule has 2 atom stereocenters. The van der Waals surface area contributed by atoms with Crippen LogP contribution in [-0.2, 0) is 0 Å². The predicted molar refractivity (Wildman–Crippen MR) is 62.2 cm³/mol. The number of rotatable bonds is 1. The molecule has 1 amide bonds. The van der Waals surface area contributed by atoms with Crippen LogP contribution in [0.3, 0.4) is 0 Å². The molecule has 1 aliphatic heterocycles. The predicted octanol–water partition coefficient (Wildman–Crippen LogP) is -1.44. The number of aryl methyl sites for hydroxylation is 1. The van der Waals surface area contributed by atoms with Gasteiger partial charge in [0, 0.05) is 13.1 Å². The van der Waals surface area contributed by atoms with E-state index in [2.05, 4.69) is 10.2 Å². The number of likely N-dealkylation sites (tertiary alicyclic amines) is 1. The van der Waals surface area contributed by atoms with Crippen molar-refractivity contribution in [3.63, 3.8) is 0 Å². The van der Waals surface area contributed by atoms with Gasteiger partial charge in [-0.25, -0.2) is 5.10 Å². The van der Waals surface area contributed by atoms with E-state index in [4.69, 9.17) is 0 Å². The smallest absolute Gasteiger partial charge is 0.277 e. The number of hydrogen-bond donors (Lipinski definition) is 3. The Morgan fingerprint density at radius 3 is 2.44 bits per heavy atom. The second kappa shape index (κ2) is 4.51. The quantitative estimate of drug-likeness (QED) is 0.568. The van der Waals surface area contributed by atoms with Crippen LogP contribution < -0.4 is 5.56 Å². The third-order valence-corrected chi connectivity index (χ3v) is 3.23. The van der Waals surface area contributed by atoms with E-state index in [9.17, 15) is 19.8 Å². The van der Waals surface area contributed by atoms with E-state index >= 15 is 0 Å². The van der Waals surface area contributed by atoms with Crippen molar-refractivity contribution in [1.29, 1.82) is 0 Å².